The molecule has 0 saturated heterocycles. The lowest BCUT2D eigenvalue weighted by molar-refractivity contribution is -0.142. The van der Waals surface area contributed by atoms with Crippen LogP contribution in [0.25, 0.3) is 0 Å². The van der Waals surface area contributed by atoms with Gasteiger partial charge in [0.25, 0.3) is 0 Å². The van der Waals surface area contributed by atoms with Crippen LogP contribution in [0.1, 0.15) is 12.5 Å². The van der Waals surface area contributed by atoms with E-state index in [2.05, 4.69) is 10.1 Å². The first kappa shape index (κ1) is 15.3. The van der Waals surface area contributed by atoms with Gasteiger partial charge < -0.3 is 19.5 Å². The zero-order valence-corrected chi connectivity index (χ0v) is 11.9. The molecule has 0 bridgehead atoms. The molecule has 0 saturated carbocycles. The van der Waals surface area contributed by atoms with Gasteiger partial charge in [0.15, 0.2) is 11.5 Å². The van der Waals surface area contributed by atoms with Crippen LogP contribution < -0.4 is 14.8 Å². The second-order valence-corrected chi connectivity index (χ2v) is 4.14. The summed E-state index contributed by atoms with van der Waals surface area (Å²) in [7, 11) is 4.60. The molecule has 0 fully saturated rings. The molecule has 5 nitrogen and oxygen atoms in total. The van der Waals surface area contributed by atoms with Gasteiger partial charge in [0.05, 0.1) is 21.3 Å². The van der Waals surface area contributed by atoms with E-state index in [-0.39, 0.29) is 12.0 Å². The number of methoxy groups -OCH3 is 3. The van der Waals surface area contributed by atoms with E-state index in [1.165, 1.54) is 7.11 Å². The van der Waals surface area contributed by atoms with Gasteiger partial charge in [0, 0.05) is 0 Å². The number of carbonyl (C=O) groups excluding carboxylic acids is 1. The van der Waals surface area contributed by atoms with Crippen molar-refractivity contribution >= 4 is 5.97 Å². The highest BCUT2D eigenvalue weighted by Gasteiger charge is 2.11. The van der Waals surface area contributed by atoms with E-state index >= 15 is 0 Å². The Labute approximate surface area is 113 Å². The summed E-state index contributed by atoms with van der Waals surface area (Å²) in [5, 5.41) is 3.10. The third-order valence-electron chi connectivity index (χ3n) is 2.87. The van der Waals surface area contributed by atoms with E-state index in [0.717, 1.165) is 12.0 Å². The average molecular weight is 267 g/mol. The van der Waals surface area contributed by atoms with Gasteiger partial charge in [-0.2, -0.15) is 0 Å². The molecule has 1 atom stereocenters. The highest BCUT2D eigenvalue weighted by Crippen LogP contribution is 2.27. The predicted octanol–water partition coefficient (Wildman–Crippen LogP) is 1.40. The van der Waals surface area contributed by atoms with Crippen molar-refractivity contribution in [2.45, 2.75) is 19.4 Å². The number of hydrogen-bond acceptors (Lipinski definition) is 5. The highest BCUT2D eigenvalue weighted by molar-refractivity contribution is 5.75. The van der Waals surface area contributed by atoms with Gasteiger partial charge >= 0.3 is 5.97 Å². The summed E-state index contributed by atoms with van der Waals surface area (Å²) in [6.45, 7) is 2.46. The summed E-state index contributed by atoms with van der Waals surface area (Å²) in [5.74, 6) is 1.16. The quantitative estimate of drug-likeness (QED) is 0.757. The maximum Gasteiger partial charge on any atom is 0.322 e. The van der Waals surface area contributed by atoms with Crippen LogP contribution in [0.4, 0.5) is 0 Å². The molecule has 0 aliphatic carbocycles. The summed E-state index contributed by atoms with van der Waals surface area (Å²) in [6, 6.07) is 5.48. The van der Waals surface area contributed by atoms with Gasteiger partial charge in [-0.15, -0.1) is 0 Å². The zero-order valence-electron chi connectivity index (χ0n) is 11.9. The number of carbonyl (C=O) groups is 1. The molecule has 0 aliphatic heterocycles. The van der Waals surface area contributed by atoms with Crippen molar-refractivity contribution < 1.29 is 19.0 Å². The minimum atomic E-state index is -0.301. The molecule has 5 heteroatoms. The summed E-state index contributed by atoms with van der Waals surface area (Å²) in [4.78, 5) is 11.2. The van der Waals surface area contributed by atoms with E-state index in [4.69, 9.17) is 9.47 Å². The van der Waals surface area contributed by atoms with E-state index in [1.807, 2.05) is 18.2 Å². The lowest BCUT2D eigenvalue weighted by atomic mass is 10.1. The van der Waals surface area contributed by atoms with Gasteiger partial charge in [-0.1, -0.05) is 6.07 Å². The third-order valence-corrected chi connectivity index (χ3v) is 2.87. The fourth-order valence-electron chi connectivity index (χ4n) is 1.73. The Balaban J connectivity index is 2.52. The first-order valence-corrected chi connectivity index (χ1v) is 6.14. The van der Waals surface area contributed by atoms with Crippen molar-refractivity contribution in [2.24, 2.45) is 0 Å². The first-order valence-electron chi connectivity index (χ1n) is 6.14. The molecule has 19 heavy (non-hydrogen) atoms. The molecule has 1 aromatic carbocycles. The number of nitrogens with one attached hydrogen (secondary N) is 1. The maximum absolute atomic E-state index is 11.2. The number of hydrogen-bond donors (Lipinski definition) is 1. The van der Waals surface area contributed by atoms with E-state index < -0.39 is 0 Å². The van der Waals surface area contributed by atoms with Crippen molar-refractivity contribution in [1.82, 2.24) is 5.32 Å². The Kier molecular flexibility index (Phi) is 6.15. The molecule has 1 unspecified atom stereocenters. The van der Waals surface area contributed by atoms with Crippen LogP contribution in [-0.4, -0.2) is 39.9 Å². The number of ether oxygens (including phenoxy) is 3. The standard InChI is InChI=1S/C14H21NO4/c1-10(14(16)19-4)15-8-7-11-5-6-12(17-2)13(9-11)18-3/h5-6,9-10,15H,7-8H2,1-4H3. The molecule has 106 valence electrons. The van der Waals surface area contributed by atoms with Crippen molar-refractivity contribution in [3.8, 4) is 11.5 Å². The topological polar surface area (TPSA) is 56.8 Å². The Morgan fingerprint density at radius 3 is 2.47 bits per heavy atom. The van der Waals surface area contributed by atoms with Crippen LogP contribution >= 0.6 is 0 Å². The van der Waals surface area contributed by atoms with Gasteiger partial charge in [-0.3, -0.25) is 4.79 Å². The molecule has 0 heterocycles. The van der Waals surface area contributed by atoms with Crippen molar-refractivity contribution in [3.05, 3.63) is 23.8 Å². The van der Waals surface area contributed by atoms with Gasteiger partial charge in [0.2, 0.25) is 0 Å². The Morgan fingerprint density at radius 2 is 1.89 bits per heavy atom. The Morgan fingerprint density at radius 1 is 1.21 bits per heavy atom. The minimum absolute atomic E-state index is 0.257. The van der Waals surface area contributed by atoms with Crippen molar-refractivity contribution in [3.63, 3.8) is 0 Å². The van der Waals surface area contributed by atoms with Crippen molar-refractivity contribution in [1.29, 1.82) is 0 Å². The van der Waals surface area contributed by atoms with E-state index in [0.29, 0.717) is 18.0 Å². The molecule has 0 radical (unpaired) electrons. The van der Waals surface area contributed by atoms with Gasteiger partial charge in [-0.25, -0.2) is 0 Å². The molecule has 0 aromatic heterocycles. The third kappa shape index (κ3) is 4.44. The second-order valence-electron chi connectivity index (χ2n) is 4.14. The molecule has 0 spiro atoms. The largest absolute Gasteiger partial charge is 0.493 e. The smallest absolute Gasteiger partial charge is 0.322 e. The van der Waals surface area contributed by atoms with Crippen LogP contribution in [0.5, 0.6) is 11.5 Å². The molecule has 1 aromatic rings. The summed E-state index contributed by atoms with van der Waals surface area (Å²) >= 11 is 0. The fourth-order valence-corrected chi connectivity index (χ4v) is 1.73. The van der Waals surface area contributed by atoms with Crippen molar-refractivity contribution in [2.75, 3.05) is 27.9 Å². The molecular formula is C14H21NO4. The molecule has 0 aliphatic rings. The highest BCUT2D eigenvalue weighted by atomic mass is 16.5. The summed E-state index contributed by atoms with van der Waals surface area (Å²) in [5.41, 5.74) is 1.11. The van der Waals surface area contributed by atoms with Gasteiger partial charge in [-0.05, 0) is 37.6 Å². The van der Waals surface area contributed by atoms with Crippen LogP contribution in [-0.2, 0) is 16.0 Å². The lowest BCUT2D eigenvalue weighted by Crippen LogP contribution is -2.36. The fraction of sp³-hybridized carbons (Fsp3) is 0.500. The Hall–Kier alpha value is -1.75. The van der Waals surface area contributed by atoms with E-state index in [9.17, 15) is 4.79 Å². The Bertz CT molecular complexity index is 420. The van der Waals surface area contributed by atoms with Crippen LogP contribution in [0.2, 0.25) is 0 Å². The van der Waals surface area contributed by atoms with Crippen LogP contribution in [0.15, 0.2) is 18.2 Å². The number of rotatable bonds is 7. The predicted molar refractivity (Wildman–Crippen MR) is 72.7 cm³/mol. The first-order chi connectivity index (χ1) is 9.12. The average Bonchev–Trinajstić information content (AvgIpc) is 2.45. The van der Waals surface area contributed by atoms with Crippen LogP contribution in [0.3, 0.4) is 0 Å². The summed E-state index contributed by atoms with van der Waals surface area (Å²) < 4.78 is 15.1. The number of esters is 1. The second kappa shape index (κ2) is 7.63. The van der Waals surface area contributed by atoms with E-state index in [1.54, 1.807) is 21.1 Å². The van der Waals surface area contributed by atoms with Gasteiger partial charge in [0.1, 0.15) is 6.04 Å². The zero-order chi connectivity index (χ0) is 14.3. The monoisotopic (exact) mass is 267 g/mol. The normalized spacial score (nSPS) is 11.8. The molecule has 0 amide bonds. The molecule has 1 rings (SSSR count). The minimum Gasteiger partial charge on any atom is -0.493 e. The maximum atomic E-state index is 11.2. The summed E-state index contributed by atoms with van der Waals surface area (Å²) in [6.07, 6.45) is 0.793. The lowest BCUT2D eigenvalue weighted by Gasteiger charge is -2.12. The van der Waals surface area contributed by atoms with Crippen LogP contribution in [0, 0.1) is 0 Å². The molecular weight excluding hydrogens is 246 g/mol. The number of benzene rings is 1. The SMILES string of the molecule is COC(=O)C(C)NCCc1ccc(OC)c(OC)c1. The molecule has 1 N–H and O–H groups in total.